The summed E-state index contributed by atoms with van der Waals surface area (Å²) in [7, 11) is -3.83. The van der Waals surface area contributed by atoms with Crippen molar-refractivity contribution in [1.29, 1.82) is 5.26 Å². The first kappa shape index (κ1) is 18.0. The van der Waals surface area contributed by atoms with Crippen molar-refractivity contribution in [1.82, 2.24) is 0 Å². The highest BCUT2D eigenvalue weighted by atomic mass is 32.2. The fourth-order valence-corrected chi connectivity index (χ4v) is 2.40. The molecular weight excluding hydrogens is 317 g/mol. The maximum atomic E-state index is 12.4. The van der Waals surface area contributed by atoms with Crippen LogP contribution in [0.4, 0.5) is 18.9 Å². The number of hydrogen-bond donors (Lipinski definition) is 1. The third-order valence-corrected chi connectivity index (χ3v) is 5.19. The van der Waals surface area contributed by atoms with Gasteiger partial charge in [0.25, 0.3) is 0 Å². The molecule has 0 aliphatic carbocycles. The van der Waals surface area contributed by atoms with E-state index in [4.69, 9.17) is 5.26 Å². The van der Waals surface area contributed by atoms with Gasteiger partial charge in [-0.25, -0.2) is 8.42 Å². The van der Waals surface area contributed by atoms with Gasteiger partial charge in [0.15, 0.2) is 14.7 Å². The van der Waals surface area contributed by atoms with Crippen LogP contribution in [0.3, 0.4) is 0 Å². The smallest absolute Gasteiger partial charge is 0.360 e. The number of sulfone groups is 1. The molecule has 0 radical (unpaired) electrons. The van der Waals surface area contributed by atoms with E-state index in [2.05, 4.69) is 5.32 Å². The zero-order valence-corrected chi connectivity index (χ0v) is 13.0. The molecule has 22 heavy (non-hydrogen) atoms. The Morgan fingerprint density at radius 3 is 2.05 bits per heavy atom. The molecule has 1 aromatic rings. The molecule has 0 aromatic heterocycles. The lowest BCUT2D eigenvalue weighted by Crippen LogP contribution is -2.29. The van der Waals surface area contributed by atoms with Crippen molar-refractivity contribution < 1.29 is 21.6 Å². The molecule has 0 saturated heterocycles. The lowest BCUT2D eigenvalue weighted by atomic mass is 10.2. The van der Waals surface area contributed by atoms with E-state index < -0.39 is 31.2 Å². The maximum Gasteiger partial charge on any atom is 0.416 e. The topological polar surface area (TPSA) is 70.0 Å². The Morgan fingerprint density at radius 2 is 1.68 bits per heavy atom. The summed E-state index contributed by atoms with van der Waals surface area (Å²) in [5.41, 5.74) is -0.574. The summed E-state index contributed by atoms with van der Waals surface area (Å²) in [6.07, 6.45) is -3.47. The van der Waals surface area contributed by atoms with Gasteiger partial charge < -0.3 is 5.32 Å². The van der Waals surface area contributed by atoms with Gasteiger partial charge in [-0.05, 0) is 45.0 Å². The Labute approximate surface area is 127 Å². The lowest BCUT2D eigenvalue weighted by Gasteiger charge is -2.18. The Morgan fingerprint density at radius 1 is 1.18 bits per heavy atom. The predicted molar refractivity (Wildman–Crippen MR) is 77.4 cm³/mol. The Balaban J connectivity index is 3.03. The van der Waals surface area contributed by atoms with Gasteiger partial charge in [0.1, 0.15) is 6.07 Å². The minimum absolute atomic E-state index is 0.241. The SMILES string of the molecule is CC(C)(C)S(=O)(=O)/C(C#N)=C/Nc1ccc(C(F)(F)F)cc1. The van der Waals surface area contributed by atoms with Gasteiger partial charge in [0.05, 0.1) is 10.3 Å². The second-order valence-electron chi connectivity index (χ2n) is 5.46. The van der Waals surface area contributed by atoms with E-state index >= 15 is 0 Å². The van der Waals surface area contributed by atoms with E-state index in [9.17, 15) is 21.6 Å². The fourth-order valence-electron chi connectivity index (χ4n) is 1.40. The molecule has 0 unspecified atom stereocenters. The second-order valence-corrected chi connectivity index (χ2v) is 8.13. The predicted octanol–water partition coefficient (Wildman–Crippen LogP) is 3.70. The number of allylic oxidation sites excluding steroid dienone is 1. The van der Waals surface area contributed by atoms with E-state index in [0.717, 1.165) is 30.5 Å². The average Bonchev–Trinajstić information content (AvgIpc) is 2.37. The van der Waals surface area contributed by atoms with Crippen molar-refractivity contribution >= 4 is 15.5 Å². The van der Waals surface area contributed by atoms with Gasteiger partial charge in [0.2, 0.25) is 0 Å². The Bertz CT molecular complexity index is 706. The van der Waals surface area contributed by atoms with Crippen LogP contribution in [0.1, 0.15) is 26.3 Å². The summed E-state index contributed by atoms with van der Waals surface area (Å²) in [6.45, 7) is 4.35. The van der Waals surface area contributed by atoms with Crippen LogP contribution in [0.25, 0.3) is 0 Å². The number of nitriles is 1. The van der Waals surface area contributed by atoms with Crippen molar-refractivity contribution in [2.75, 3.05) is 5.32 Å². The molecule has 0 aliphatic rings. The summed E-state index contributed by atoms with van der Waals surface area (Å²) in [6, 6.07) is 5.61. The average molecular weight is 332 g/mol. The summed E-state index contributed by atoms with van der Waals surface area (Å²) in [4.78, 5) is -0.486. The van der Waals surface area contributed by atoms with Crippen LogP contribution in [0.5, 0.6) is 0 Å². The minimum atomic E-state index is -4.44. The third kappa shape index (κ3) is 4.01. The van der Waals surface area contributed by atoms with E-state index in [1.807, 2.05) is 0 Å². The van der Waals surface area contributed by atoms with E-state index in [-0.39, 0.29) is 5.69 Å². The van der Waals surface area contributed by atoms with Crippen molar-refractivity contribution in [2.24, 2.45) is 0 Å². The zero-order chi connectivity index (χ0) is 17.2. The van der Waals surface area contributed by atoms with E-state index in [1.54, 1.807) is 6.07 Å². The highest BCUT2D eigenvalue weighted by molar-refractivity contribution is 7.96. The summed E-state index contributed by atoms with van der Waals surface area (Å²) in [5.74, 6) is 0. The molecular formula is C14H15F3N2O2S. The first-order valence-electron chi connectivity index (χ1n) is 6.18. The van der Waals surface area contributed by atoms with Gasteiger partial charge >= 0.3 is 6.18 Å². The summed E-state index contributed by atoms with van der Waals surface area (Å²) in [5, 5.41) is 11.5. The molecule has 0 saturated carbocycles. The monoisotopic (exact) mass is 332 g/mol. The van der Waals surface area contributed by atoms with E-state index in [0.29, 0.717) is 0 Å². The van der Waals surface area contributed by atoms with Crippen LogP contribution in [-0.2, 0) is 16.0 Å². The third-order valence-electron chi connectivity index (χ3n) is 2.79. The first-order valence-corrected chi connectivity index (χ1v) is 7.66. The zero-order valence-electron chi connectivity index (χ0n) is 12.2. The largest absolute Gasteiger partial charge is 0.416 e. The van der Waals surface area contributed by atoms with Gasteiger partial charge in [-0.3, -0.25) is 0 Å². The normalized spacial score (nSPS) is 13.6. The molecule has 0 fully saturated rings. The number of nitrogens with one attached hydrogen (secondary N) is 1. The second kappa shape index (κ2) is 6.01. The van der Waals surface area contributed by atoms with Crippen molar-refractivity contribution in [2.45, 2.75) is 31.7 Å². The molecule has 1 N–H and O–H groups in total. The quantitative estimate of drug-likeness (QED) is 0.857. The lowest BCUT2D eigenvalue weighted by molar-refractivity contribution is -0.137. The number of anilines is 1. The van der Waals surface area contributed by atoms with Gasteiger partial charge in [-0.2, -0.15) is 18.4 Å². The molecule has 0 bridgehead atoms. The van der Waals surface area contributed by atoms with Gasteiger partial charge in [-0.15, -0.1) is 0 Å². The molecule has 1 rings (SSSR count). The number of benzene rings is 1. The maximum absolute atomic E-state index is 12.4. The Kier molecular flexibility index (Phi) is 4.92. The minimum Gasteiger partial charge on any atom is -0.360 e. The molecule has 0 amide bonds. The molecule has 0 heterocycles. The number of halogens is 3. The highest BCUT2D eigenvalue weighted by Crippen LogP contribution is 2.30. The highest BCUT2D eigenvalue weighted by Gasteiger charge is 2.33. The van der Waals surface area contributed by atoms with Crippen LogP contribution in [0, 0.1) is 11.3 Å². The van der Waals surface area contributed by atoms with Crippen LogP contribution in [-0.4, -0.2) is 13.2 Å². The summed E-state index contributed by atoms with van der Waals surface area (Å²) < 4.78 is 60.3. The number of nitrogens with zero attached hydrogens (tertiary/aromatic N) is 1. The number of alkyl halides is 3. The molecule has 4 nitrogen and oxygen atoms in total. The van der Waals surface area contributed by atoms with Crippen LogP contribution in [0.15, 0.2) is 35.4 Å². The molecule has 0 aliphatic heterocycles. The Hall–Kier alpha value is -2.01. The van der Waals surface area contributed by atoms with Crippen LogP contribution >= 0.6 is 0 Å². The molecule has 0 spiro atoms. The standard InChI is InChI=1S/C14H15F3N2O2S/c1-13(2,3)22(20,21)12(8-18)9-19-11-6-4-10(5-7-11)14(15,16)17/h4-7,9,19H,1-3H3/b12-9+. The molecule has 1 aromatic carbocycles. The number of rotatable bonds is 3. The van der Waals surface area contributed by atoms with Crippen molar-refractivity contribution in [3.63, 3.8) is 0 Å². The van der Waals surface area contributed by atoms with Gasteiger partial charge in [-0.1, -0.05) is 0 Å². The molecule has 120 valence electrons. The fraction of sp³-hybridized carbons (Fsp3) is 0.357. The van der Waals surface area contributed by atoms with Crippen LogP contribution < -0.4 is 5.32 Å². The number of hydrogen-bond acceptors (Lipinski definition) is 4. The first-order chi connectivity index (χ1) is 9.89. The molecule has 0 atom stereocenters. The molecule has 8 heteroatoms. The van der Waals surface area contributed by atoms with E-state index in [1.165, 1.54) is 20.8 Å². The van der Waals surface area contributed by atoms with Crippen molar-refractivity contribution in [3.8, 4) is 6.07 Å². The summed E-state index contributed by atoms with van der Waals surface area (Å²) >= 11 is 0. The van der Waals surface area contributed by atoms with Crippen LogP contribution in [0.2, 0.25) is 0 Å². The van der Waals surface area contributed by atoms with Gasteiger partial charge in [0, 0.05) is 11.9 Å². The van der Waals surface area contributed by atoms with Crippen molar-refractivity contribution in [3.05, 3.63) is 40.9 Å².